The minimum Gasteiger partial charge on any atom is -0.497 e. The SMILES string of the molecule is COc1ccc(C(=O)N2CCc3c(nn(-c4ccccc4)c3C)-c3cccnc32)cc1. The lowest BCUT2D eigenvalue weighted by molar-refractivity contribution is 0.0986. The van der Waals surface area contributed by atoms with Gasteiger partial charge in [0.2, 0.25) is 0 Å². The van der Waals surface area contributed by atoms with Crippen molar-refractivity contribution >= 4 is 11.7 Å². The first-order valence-corrected chi connectivity index (χ1v) is 10.2. The van der Waals surface area contributed by atoms with Gasteiger partial charge in [0.1, 0.15) is 11.6 Å². The molecule has 0 spiro atoms. The number of anilines is 1. The maximum atomic E-state index is 13.4. The minimum atomic E-state index is -0.0821. The number of carbonyl (C=O) groups is 1. The van der Waals surface area contributed by atoms with Gasteiger partial charge in [-0.15, -0.1) is 0 Å². The lowest BCUT2D eigenvalue weighted by Gasteiger charge is -2.22. The Labute approximate surface area is 180 Å². The topological polar surface area (TPSA) is 60.2 Å². The largest absolute Gasteiger partial charge is 0.497 e. The molecule has 6 heteroatoms. The Morgan fingerprint density at radius 1 is 1.00 bits per heavy atom. The van der Waals surface area contributed by atoms with Crippen molar-refractivity contribution in [1.82, 2.24) is 14.8 Å². The van der Waals surface area contributed by atoms with Gasteiger partial charge < -0.3 is 4.74 Å². The van der Waals surface area contributed by atoms with Crippen molar-refractivity contribution in [2.75, 3.05) is 18.6 Å². The van der Waals surface area contributed by atoms with Gasteiger partial charge in [0.25, 0.3) is 5.91 Å². The van der Waals surface area contributed by atoms with Crippen molar-refractivity contribution in [2.24, 2.45) is 0 Å². The molecule has 2 aromatic heterocycles. The van der Waals surface area contributed by atoms with Gasteiger partial charge in [0.15, 0.2) is 0 Å². The van der Waals surface area contributed by atoms with Crippen LogP contribution >= 0.6 is 0 Å². The van der Waals surface area contributed by atoms with Gasteiger partial charge in [-0.1, -0.05) is 18.2 Å². The van der Waals surface area contributed by atoms with Gasteiger partial charge in [0.05, 0.1) is 18.5 Å². The molecule has 0 bridgehead atoms. The molecule has 0 saturated carbocycles. The second kappa shape index (κ2) is 7.72. The number of methoxy groups -OCH3 is 1. The fraction of sp³-hybridized carbons (Fsp3) is 0.160. The molecule has 0 atom stereocenters. The van der Waals surface area contributed by atoms with E-state index in [4.69, 9.17) is 9.84 Å². The summed E-state index contributed by atoms with van der Waals surface area (Å²) in [6, 6.07) is 21.1. The molecule has 0 saturated heterocycles. The van der Waals surface area contributed by atoms with Crippen LogP contribution < -0.4 is 9.64 Å². The Morgan fingerprint density at radius 3 is 2.52 bits per heavy atom. The summed E-state index contributed by atoms with van der Waals surface area (Å²) in [4.78, 5) is 19.7. The molecule has 0 aliphatic carbocycles. The standard InChI is InChI=1S/C25H22N4O2/c1-17-21-14-16-28(25(30)18-10-12-20(31-2)13-11-18)24-22(9-6-15-26-24)23(21)27-29(17)19-7-4-3-5-8-19/h3-13,15H,14,16H2,1-2H3. The van der Waals surface area contributed by atoms with Crippen LogP contribution in [0.15, 0.2) is 72.9 Å². The number of benzene rings is 2. The lowest BCUT2D eigenvalue weighted by Crippen LogP contribution is -2.33. The van der Waals surface area contributed by atoms with E-state index in [1.165, 1.54) is 0 Å². The minimum absolute atomic E-state index is 0.0821. The van der Waals surface area contributed by atoms with E-state index >= 15 is 0 Å². The smallest absolute Gasteiger partial charge is 0.259 e. The van der Waals surface area contributed by atoms with Crippen LogP contribution in [-0.4, -0.2) is 34.3 Å². The normalized spacial score (nSPS) is 12.6. The van der Waals surface area contributed by atoms with Crippen molar-refractivity contribution < 1.29 is 9.53 Å². The summed E-state index contributed by atoms with van der Waals surface area (Å²) in [5.74, 6) is 1.28. The van der Waals surface area contributed by atoms with Crippen molar-refractivity contribution in [3.8, 4) is 22.7 Å². The first-order chi connectivity index (χ1) is 15.2. The number of fused-ring (bicyclic) bond motifs is 3. The van der Waals surface area contributed by atoms with E-state index in [0.717, 1.165) is 34.0 Å². The molecular weight excluding hydrogens is 388 g/mol. The highest BCUT2D eigenvalue weighted by Gasteiger charge is 2.29. The maximum Gasteiger partial charge on any atom is 0.259 e. The van der Waals surface area contributed by atoms with Crippen LogP contribution in [0.5, 0.6) is 5.75 Å². The molecule has 0 N–H and O–H groups in total. The predicted octanol–water partition coefficient (Wildman–Crippen LogP) is 4.45. The van der Waals surface area contributed by atoms with Gasteiger partial charge in [-0.05, 0) is 61.9 Å². The zero-order valence-corrected chi connectivity index (χ0v) is 17.4. The van der Waals surface area contributed by atoms with Crippen molar-refractivity contribution in [2.45, 2.75) is 13.3 Å². The number of hydrogen-bond donors (Lipinski definition) is 0. The van der Waals surface area contributed by atoms with Gasteiger partial charge in [-0.25, -0.2) is 9.67 Å². The molecule has 1 aliphatic rings. The quantitative estimate of drug-likeness (QED) is 0.501. The lowest BCUT2D eigenvalue weighted by atomic mass is 10.1. The van der Waals surface area contributed by atoms with E-state index in [9.17, 15) is 4.79 Å². The van der Waals surface area contributed by atoms with E-state index in [-0.39, 0.29) is 5.91 Å². The summed E-state index contributed by atoms with van der Waals surface area (Å²) in [5.41, 5.74) is 5.59. The molecule has 4 aromatic rings. The van der Waals surface area contributed by atoms with Crippen LogP contribution in [0.25, 0.3) is 16.9 Å². The average molecular weight is 410 g/mol. The number of amides is 1. The predicted molar refractivity (Wildman–Crippen MR) is 120 cm³/mol. The van der Waals surface area contributed by atoms with Crippen molar-refractivity contribution in [1.29, 1.82) is 0 Å². The summed E-state index contributed by atoms with van der Waals surface area (Å²) in [7, 11) is 1.61. The fourth-order valence-corrected chi connectivity index (χ4v) is 4.08. The Morgan fingerprint density at radius 2 is 1.77 bits per heavy atom. The van der Waals surface area contributed by atoms with Crippen LogP contribution in [0.2, 0.25) is 0 Å². The Hall–Kier alpha value is -3.93. The molecule has 0 radical (unpaired) electrons. The highest BCUT2D eigenvalue weighted by atomic mass is 16.5. The molecule has 0 unspecified atom stereocenters. The summed E-state index contributed by atoms with van der Waals surface area (Å²) in [6.45, 7) is 2.61. The zero-order chi connectivity index (χ0) is 21.4. The number of carbonyl (C=O) groups excluding carboxylic acids is 1. The number of pyridine rings is 1. The van der Waals surface area contributed by atoms with E-state index in [1.54, 1.807) is 42.5 Å². The van der Waals surface area contributed by atoms with Crippen LogP contribution in [0.4, 0.5) is 5.82 Å². The molecule has 1 amide bonds. The summed E-state index contributed by atoms with van der Waals surface area (Å²) in [6.07, 6.45) is 2.42. The fourth-order valence-electron chi connectivity index (χ4n) is 4.08. The zero-order valence-electron chi connectivity index (χ0n) is 17.4. The number of ether oxygens (including phenoxy) is 1. The first-order valence-electron chi connectivity index (χ1n) is 10.2. The summed E-state index contributed by atoms with van der Waals surface area (Å²) in [5, 5.41) is 4.93. The van der Waals surface area contributed by atoms with Crippen molar-refractivity contribution in [3.63, 3.8) is 0 Å². The Balaban J connectivity index is 1.59. The van der Waals surface area contributed by atoms with Gasteiger partial charge in [0, 0.05) is 35.1 Å². The molecule has 0 fully saturated rings. The first kappa shape index (κ1) is 19.1. The third-order valence-electron chi connectivity index (χ3n) is 5.71. The molecule has 2 aromatic carbocycles. The molecule has 6 nitrogen and oxygen atoms in total. The van der Waals surface area contributed by atoms with Gasteiger partial charge in [-0.2, -0.15) is 5.10 Å². The maximum absolute atomic E-state index is 13.4. The Bertz CT molecular complexity index is 1250. The van der Waals surface area contributed by atoms with Crippen LogP contribution in [0.1, 0.15) is 21.6 Å². The third-order valence-corrected chi connectivity index (χ3v) is 5.71. The third kappa shape index (κ3) is 3.26. The van der Waals surface area contributed by atoms with E-state index in [2.05, 4.69) is 11.9 Å². The second-order valence-electron chi connectivity index (χ2n) is 7.47. The number of nitrogens with zero attached hydrogens (tertiary/aromatic N) is 4. The summed E-state index contributed by atoms with van der Waals surface area (Å²) < 4.78 is 7.19. The average Bonchev–Trinajstić information content (AvgIpc) is 3.06. The Kier molecular flexibility index (Phi) is 4.75. The highest BCUT2D eigenvalue weighted by Crippen LogP contribution is 2.36. The molecule has 5 rings (SSSR count). The molecule has 31 heavy (non-hydrogen) atoms. The number of rotatable bonds is 3. The molecule has 1 aliphatic heterocycles. The highest BCUT2D eigenvalue weighted by molar-refractivity contribution is 6.07. The second-order valence-corrected chi connectivity index (χ2v) is 7.47. The monoisotopic (exact) mass is 410 g/mol. The van der Waals surface area contributed by atoms with Crippen LogP contribution in [0, 0.1) is 6.92 Å². The molecular formula is C25H22N4O2. The number of para-hydroxylation sites is 1. The van der Waals surface area contributed by atoms with Crippen molar-refractivity contribution in [3.05, 3.63) is 89.7 Å². The van der Waals surface area contributed by atoms with Gasteiger partial charge >= 0.3 is 0 Å². The van der Waals surface area contributed by atoms with Crippen LogP contribution in [0.3, 0.4) is 0 Å². The molecule has 3 heterocycles. The van der Waals surface area contributed by atoms with E-state index < -0.39 is 0 Å². The van der Waals surface area contributed by atoms with Crippen LogP contribution in [-0.2, 0) is 6.42 Å². The van der Waals surface area contributed by atoms with E-state index in [0.29, 0.717) is 24.3 Å². The van der Waals surface area contributed by atoms with Gasteiger partial charge in [-0.3, -0.25) is 9.69 Å². The molecule has 154 valence electrons. The number of aromatic nitrogens is 3. The number of hydrogen-bond acceptors (Lipinski definition) is 4. The summed E-state index contributed by atoms with van der Waals surface area (Å²) >= 11 is 0. The van der Waals surface area contributed by atoms with E-state index in [1.807, 2.05) is 47.1 Å².